The average Bonchev–Trinajstić information content (AvgIpc) is 2.28. The molecule has 17 heavy (non-hydrogen) atoms. The number of unbranched alkanes of at least 4 members (excludes halogenated alkanes) is 1. The van der Waals surface area contributed by atoms with Crippen molar-refractivity contribution in [1.82, 2.24) is 5.32 Å². The standard InChI is InChI=1S/C13H18FNO2/c1-10-9-11(14)5-6-12(10)13(16)15-7-3-4-8-17-2/h5-6,9H,3-4,7-8H2,1-2H3,(H,15,16). The van der Waals surface area contributed by atoms with Gasteiger partial charge in [0.25, 0.3) is 5.91 Å². The summed E-state index contributed by atoms with van der Waals surface area (Å²) in [6.07, 6.45) is 1.79. The third-order valence-electron chi connectivity index (χ3n) is 2.49. The van der Waals surface area contributed by atoms with Gasteiger partial charge in [-0.05, 0) is 43.5 Å². The van der Waals surface area contributed by atoms with Crippen molar-refractivity contribution in [3.63, 3.8) is 0 Å². The summed E-state index contributed by atoms with van der Waals surface area (Å²) in [6.45, 7) is 3.04. The average molecular weight is 239 g/mol. The highest BCUT2D eigenvalue weighted by Gasteiger charge is 2.08. The van der Waals surface area contributed by atoms with E-state index in [4.69, 9.17) is 4.74 Å². The van der Waals surface area contributed by atoms with Crippen LogP contribution in [0.1, 0.15) is 28.8 Å². The van der Waals surface area contributed by atoms with Crippen molar-refractivity contribution in [1.29, 1.82) is 0 Å². The molecule has 0 bridgehead atoms. The molecule has 0 unspecified atom stereocenters. The molecule has 1 rings (SSSR count). The molecule has 0 saturated heterocycles. The van der Waals surface area contributed by atoms with E-state index in [1.165, 1.54) is 18.2 Å². The molecule has 0 aliphatic rings. The van der Waals surface area contributed by atoms with Crippen LogP contribution in [-0.4, -0.2) is 26.2 Å². The van der Waals surface area contributed by atoms with Gasteiger partial charge < -0.3 is 10.1 Å². The Balaban J connectivity index is 2.42. The zero-order valence-electron chi connectivity index (χ0n) is 10.3. The van der Waals surface area contributed by atoms with Gasteiger partial charge in [-0.1, -0.05) is 0 Å². The summed E-state index contributed by atoms with van der Waals surface area (Å²) in [7, 11) is 1.65. The van der Waals surface area contributed by atoms with E-state index in [9.17, 15) is 9.18 Å². The number of benzene rings is 1. The Bertz CT molecular complexity index is 380. The monoisotopic (exact) mass is 239 g/mol. The van der Waals surface area contributed by atoms with Crippen molar-refractivity contribution < 1.29 is 13.9 Å². The van der Waals surface area contributed by atoms with Crippen LogP contribution in [0.5, 0.6) is 0 Å². The van der Waals surface area contributed by atoms with Crippen molar-refractivity contribution in [2.75, 3.05) is 20.3 Å². The van der Waals surface area contributed by atoms with Gasteiger partial charge in [0, 0.05) is 25.8 Å². The first-order valence-corrected chi connectivity index (χ1v) is 5.68. The molecule has 0 aliphatic heterocycles. The fraction of sp³-hybridized carbons (Fsp3) is 0.462. The van der Waals surface area contributed by atoms with Gasteiger partial charge in [-0.25, -0.2) is 4.39 Å². The number of methoxy groups -OCH3 is 1. The van der Waals surface area contributed by atoms with Gasteiger partial charge in [0.1, 0.15) is 5.82 Å². The second kappa shape index (κ2) is 7.01. The molecule has 3 nitrogen and oxygen atoms in total. The highest BCUT2D eigenvalue weighted by Crippen LogP contribution is 2.09. The molecule has 1 amide bonds. The van der Waals surface area contributed by atoms with E-state index < -0.39 is 0 Å². The molecule has 0 radical (unpaired) electrons. The number of aryl methyl sites for hydroxylation is 1. The minimum atomic E-state index is -0.320. The maximum Gasteiger partial charge on any atom is 0.251 e. The van der Waals surface area contributed by atoms with Gasteiger partial charge in [-0.2, -0.15) is 0 Å². The van der Waals surface area contributed by atoms with Crippen LogP contribution in [-0.2, 0) is 4.74 Å². The third kappa shape index (κ3) is 4.53. The summed E-state index contributed by atoms with van der Waals surface area (Å²) in [5.41, 5.74) is 1.18. The molecule has 1 aromatic rings. The fourth-order valence-electron chi connectivity index (χ4n) is 1.55. The summed E-state index contributed by atoms with van der Waals surface area (Å²) >= 11 is 0. The highest BCUT2D eigenvalue weighted by molar-refractivity contribution is 5.95. The smallest absolute Gasteiger partial charge is 0.251 e. The van der Waals surface area contributed by atoms with E-state index in [1.54, 1.807) is 14.0 Å². The lowest BCUT2D eigenvalue weighted by Crippen LogP contribution is -2.25. The SMILES string of the molecule is COCCCCNC(=O)c1ccc(F)cc1C. The van der Waals surface area contributed by atoms with E-state index >= 15 is 0 Å². The Hall–Kier alpha value is -1.42. The van der Waals surface area contributed by atoms with Gasteiger partial charge in [-0.15, -0.1) is 0 Å². The number of carbonyl (C=O) groups excluding carboxylic acids is 1. The summed E-state index contributed by atoms with van der Waals surface area (Å²) < 4.78 is 17.8. The molecule has 0 saturated carbocycles. The van der Waals surface area contributed by atoms with Gasteiger partial charge >= 0.3 is 0 Å². The van der Waals surface area contributed by atoms with Crippen molar-refractivity contribution in [2.45, 2.75) is 19.8 Å². The number of carbonyl (C=O) groups is 1. The number of amides is 1. The molecule has 1 aromatic carbocycles. The lowest BCUT2D eigenvalue weighted by Gasteiger charge is -2.07. The van der Waals surface area contributed by atoms with E-state index in [2.05, 4.69) is 5.32 Å². The lowest BCUT2D eigenvalue weighted by atomic mass is 10.1. The van der Waals surface area contributed by atoms with E-state index in [-0.39, 0.29) is 11.7 Å². The molecule has 0 aromatic heterocycles. The fourth-order valence-corrected chi connectivity index (χ4v) is 1.55. The number of hydrogen-bond donors (Lipinski definition) is 1. The lowest BCUT2D eigenvalue weighted by molar-refractivity contribution is 0.0950. The number of hydrogen-bond acceptors (Lipinski definition) is 2. The van der Waals surface area contributed by atoms with Crippen molar-refractivity contribution in [3.05, 3.63) is 35.1 Å². The van der Waals surface area contributed by atoms with Crippen LogP contribution in [0.4, 0.5) is 4.39 Å². The molecule has 1 N–H and O–H groups in total. The predicted molar refractivity (Wildman–Crippen MR) is 64.6 cm³/mol. The Morgan fingerprint density at radius 3 is 2.82 bits per heavy atom. The molecule has 0 aliphatic carbocycles. The first-order valence-electron chi connectivity index (χ1n) is 5.68. The summed E-state index contributed by atoms with van der Waals surface area (Å²) in [4.78, 5) is 11.7. The van der Waals surface area contributed by atoms with Crippen LogP contribution in [0.3, 0.4) is 0 Å². The first-order chi connectivity index (χ1) is 8.15. The zero-order valence-corrected chi connectivity index (χ0v) is 10.3. The van der Waals surface area contributed by atoms with E-state index in [0.717, 1.165) is 12.8 Å². The normalized spacial score (nSPS) is 10.3. The number of ether oxygens (including phenoxy) is 1. The van der Waals surface area contributed by atoms with Crippen LogP contribution in [0.25, 0.3) is 0 Å². The molecule has 0 atom stereocenters. The molecular weight excluding hydrogens is 221 g/mol. The maximum atomic E-state index is 12.9. The van der Waals surface area contributed by atoms with Crippen molar-refractivity contribution >= 4 is 5.91 Å². The largest absolute Gasteiger partial charge is 0.385 e. The first kappa shape index (κ1) is 13.6. The minimum Gasteiger partial charge on any atom is -0.385 e. The van der Waals surface area contributed by atoms with Gasteiger partial charge in [-0.3, -0.25) is 4.79 Å². The Morgan fingerprint density at radius 2 is 2.18 bits per heavy atom. The highest BCUT2D eigenvalue weighted by atomic mass is 19.1. The molecular formula is C13H18FNO2. The van der Waals surface area contributed by atoms with Gasteiger partial charge in [0.15, 0.2) is 0 Å². The van der Waals surface area contributed by atoms with Gasteiger partial charge in [0.05, 0.1) is 0 Å². The van der Waals surface area contributed by atoms with E-state index in [0.29, 0.717) is 24.3 Å². The number of halogens is 1. The van der Waals surface area contributed by atoms with Crippen LogP contribution < -0.4 is 5.32 Å². The Labute approximate surface area is 101 Å². The molecule has 0 heterocycles. The van der Waals surface area contributed by atoms with Crippen LogP contribution in [0.15, 0.2) is 18.2 Å². The zero-order chi connectivity index (χ0) is 12.7. The summed E-state index contributed by atoms with van der Waals surface area (Å²) in [5, 5.41) is 2.80. The molecule has 94 valence electrons. The van der Waals surface area contributed by atoms with Crippen LogP contribution in [0.2, 0.25) is 0 Å². The second-order valence-corrected chi connectivity index (χ2v) is 3.92. The van der Waals surface area contributed by atoms with Crippen LogP contribution in [0, 0.1) is 12.7 Å². The number of rotatable bonds is 6. The van der Waals surface area contributed by atoms with Crippen molar-refractivity contribution in [3.8, 4) is 0 Å². The topological polar surface area (TPSA) is 38.3 Å². The molecule has 0 spiro atoms. The number of nitrogens with one attached hydrogen (secondary N) is 1. The quantitative estimate of drug-likeness (QED) is 0.773. The summed E-state index contributed by atoms with van der Waals surface area (Å²) in [6, 6.07) is 4.17. The van der Waals surface area contributed by atoms with Crippen molar-refractivity contribution in [2.24, 2.45) is 0 Å². The predicted octanol–water partition coefficient (Wildman–Crippen LogP) is 2.29. The Morgan fingerprint density at radius 1 is 1.41 bits per heavy atom. The van der Waals surface area contributed by atoms with E-state index in [1.807, 2.05) is 0 Å². The minimum absolute atomic E-state index is 0.153. The molecule has 0 fully saturated rings. The van der Waals surface area contributed by atoms with Crippen LogP contribution >= 0.6 is 0 Å². The third-order valence-corrected chi connectivity index (χ3v) is 2.49. The maximum absolute atomic E-state index is 12.9. The van der Waals surface area contributed by atoms with Gasteiger partial charge in [0.2, 0.25) is 0 Å². The Kier molecular flexibility index (Phi) is 5.63. The summed E-state index contributed by atoms with van der Waals surface area (Å²) in [5.74, 6) is -0.473. The molecule has 4 heteroatoms. The second-order valence-electron chi connectivity index (χ2n) is 3.92.